The van der Waals surface area contributed by atoms with E-state index in [0.717, 1.165) is 5.56 Å². The van der Waals surface area contributed by atoms with Crippen LogP contribution in [-0.4, -0.2) is 21.8 Å². The second-order valence-corrected chi connectivity index (χ2v) is 6.74. The summed E-state index contributed by atoms with van der Waals surface area (Å²) >= 11 is 5.86. The first-order valence-electron chi connectivity index (χ1n) is 7.27. The first kappa shape index (κ1) is 19.4. The highest BCUT2D eigenvalue weighted by Gasteiger charge is 2.30. The first-order chi connectivity index (χ1) is 11.8. The van der Waals surface area contributed by atoms with Gasteiger partial charge in [-0.3, -0.25) is 14.6 Å². The summed E-state index contributed by atoms with van der Waals surface area (Å²) in [4.78, 5) is 35.3. The summed E-state index contributed by atoms with van der Waals surface area (Å²) in [5, 5.41) is 1.72. The molecule has 0 aliphatic rings. The van der Waals surface area contributed by atoms with Crippen molar-refractivity contribution in [2.45, 2.75) is 19.6 Å². The van der Waals surface area contributed by atoms with Crippen LogP contribution in [0, 0.1) is 0 Å². The van der Waals surface area contributed by atoms with Crippen LogP contribution in [0.2, 0.25) is 5.02 Å². The lowest BCUT2D eigenvalue weighted by Gasteiger charge is -2.28. The largest absolute Gasteiger partial charge is 0.527 e. The molecule has 0 aromatic heterocycles. The van der Waals surface area contributed by atoms with Crippen molar-refractivity contribution in [3.63, 3.8) is 0 Å². The van der Waals surface area contributed by atoms with Crippen LogP contribution in [0.3, 0.4) is 0 Å². The molecule has 2 rings (SSSR count). The number of phosphoric ester groups is 1. The van der Waals surface area contributed by atoms with E-state index in [1.807, 2.05) is 30.3 Å². The Bertz CT molecular complexity index is 749. The highest BCUT2D eigenvalue weighted by Crippen LogP contribution is 2.37. The molecular weight excluding hydrogens is 369 g/mol. The molecule has 2 N–H and O–H groups in total. The lowest BCUT2D eigenvalue weighted by molar-refractivity contribution is -0.139. The normalized spacial score (nSPS) is 12.5. The quantitative estimate of drug-likeness (QED) is 0.557. The Hall–Kier alpha value is -1.89. The second-order valence-electron chi connectivity index (χ2n) is 5.14. The second kappa shape index (κ2) is 8.47. The maximum absolute atomic E-state index is 12.0. The zero-order valence-corrected chi connectivity index (χ0v) is 14.9. The van der Waals surface area contributed by atoms with E-state index in [1.54, 1.807) is 24.3 Å². The number of hydroxylamine groups is 1. The molecule has 9 heteroatoms. The monoisotopic (exact) mass is 385 g/mol. The number of carbonyl (C=O) groups excluding carboxylic acids is 1. The van der Waals surface area contributed by atoms with E-state index in [0.29, 0.717) is 10.7 Å². The average Bonchev–Trinajstić information content (AvgIpc) is 2.56. The van der Waals surface area contributed by atoms with Crippen LogP contribution in [0.15, 0.2) is 54.6 Å². The number of anilines is 1. The van der Waals surface area contributed by atoms with Crippen molar-refractivity contribution in [1.29, 1.82) is 0 Å². The van der Waals surface area contributed by atoms with Crippen LogP contribution < -0.4 is 5.06 Å². The van der Waals surface area contributed by atoms with Crippen molar-refractivity contribution in [2.75, 3.05) is 5.06 Å². The molecule has 2 aromatic carbocycles. The smallest absolute Gasteiger partial charge is 0.369 e. The summed E-state index contributed by atoms with van der Waals surface area (Å²) in [5.74, 6) is -1.11. The van der Waals surface area contributed by atoms with Crippen molar-refractivity contribution < 1.29 is 28.5 Å². The van der Waals surface area contributed by atoms with Gasteiger partial charge in [0.05, 0.1) is 12.3 Å². The van der Waals surface area contributed by atoms with E-state index in [-0.39, 0.29) is 6.61 Å². The van der Waals surface area contributed by atoms with Crippen molar-refractivity contribution in [2.24, 2.45) is 0 Å². The standard InChI is InChI=1S/C16H17ClNO6P/c1-12(16(19)24-25(20,21)22)18(15-9-7-14(17)8-10-15)23-11-13-5-3-2-4-6-13/h2-10,12H,11H2,1H3,(H2,20,21,22)/t12-/m0/s1. The van der Waals surface area contributed by atoms with Crippen LogP contribution in [0.5, 0.6) is 0 Å². The van der Waals surface area contributed by atoms with Gasteiger partial charge in [0.2, 0.25) is 0 Å². The number of halogens is 1. The maximum atomic E-state index is 12.0. The van der Waals surface area contributed by atoms with E-state index in [2.05, 4.69) is 4.52 Å². The van der Waals surface area contributed by atoms with Gasteiger partial charge in [-0.1, -0.05) is 41.9 Å². The summed E-state index contributed by atoms with van der Waals surface area (Å²) in [6.07, 6.45) is 0. The zero-order valence-electron chi connectivity index (χ0n) is 13.3. The maximum Gasteiger partial charge on any atom is 0.527 e. The molecule has 0 bridgehead atoms. The fourth-order valence-corrected chi connectivity index (χ4v) is 2.52. The summed E-state index contributed by atoms with van der Waals surface area (Å²) in [6, 6.07) is 14.6. The van der Waals surface area contributed by atoms with Crippen molar-refractivity contribution >= 4 is 31.1 Å². The molecule has 0 unspecified atom stereocenters. The van der Waals surface area contributed by atoms with Gasteiger partial charge in [0.15, 0.2) is 6.04 Å². The molecular formula is C16H17ClNO6P. The Morgan fingerprint density at radius 3 is 2.32 bits per heavy atom. The summed E-state index contributed by atoms with van der Waals surface area (Å²) in [5.41, 5.74) is 1.34. The Labute approximate surface area is 149 Å². The Morgan fingerprint density at radius 1 is 1.16 bits per heavy atom. The number of rotatable bonds is 7. The van der Waals surface area contributed by atoms with Gasteiger partial charge in [0.25, 0.3) is 0 Å². The molecule has 0 saturated carbocycles. The number of hydrogen-bond donors (Lipinski definition) is 2. The fourth-order valence-electron chi connectivity index (χ4n) is 2.01. The van der Waals surface area contributed by atoms with Crippen LogP contribution >= 0.6 is 19.4 Å². The Kier molecular flexibility index (Phi) is 6.58. The van der Waals surface area contributed by atoms with E-state index in [9.17, 15) is 9.36 Å². The molecule has 0 radical (unpaired) electrons. The molecule has 0 amide bonds. The van der Waals surface area contributed by atoms with Crippen molar-refractivity contribution in [3.8, 4) is 0 Å². The topological polar surface area (TPSA) is 96.3 Å². The number of hydrogen-bond acceptors (Lipinski definition) is 5. The van der Waals surface area contributed by atoms with Crippen molar-refractivity contribution in [3.05, 3.63) is 65.2 Å². The first-order valence-corrected chi connectivity index (χ1v) is 9.18. The molecule has 2 aromatic rings. The van der Waals surface area contributed by atoms with Gasteiger partial charge >= 0.3 is 13.8 Å². The van der Waals surface area contributed by atoms with E-state index in [1.165, 1.54) is 12.0 Å². The molecule has 0 aliphatic heterocycles. The molecule has 0 spiro atoms. The number of benzene rings is 2. The van der Waals surface area contributed by atoms with Crippen LogP contribution in [0.4, 0.5) is 5.69 Å². The van der Waals surface area contributed by atoms with E-state index >= 15 is 0 Å². The molecule has 0 fully saturated rings. The fraction of sp³-hybridized carbons (Fsp3) is 0.188. The summed E-state index contributed by atoms with van der Waals surface area (Å²) in [7, 11) is -4.94. The minimum atomic E-state index is -4.94. The number of phosphoric acid groups is 1. The van der Waals surface area contributed by atoms with Gasteiger partial charge in [0.1, 0.15) is 0 Å². The Morgan fingerprint density at radius 2 is 1.76 bits per heavy atom. The van der Waals surface area contributed by atoms with Crippen molar-refractivity contribution in [1.82, 2.24) is 0 Å². The highest BCUT2D eigenvalue weighted by molar-refractivity contribution is 7.46. The third kappa shape index (κ3) is 6.16. The van der Waals surface area contributed by atoms with Crippen LogP contribution in [-0.2, 0) is 25.3 Å². The van der Waals surface area contributed by atoms with Crippen LogP contribution in [0.1, 0.15) is 12.5 Å². The van der Waals surface area contributed by atoms with Gasteiger partial charge in [-0.2, -0.15) is 0 Å². The zero-order chi connectivity index (χ0) is 18.4. The molecule has 0 aliphatic carbocycles. The predicted molar refractivity (Wildman–Crippen MR) is 92.8 cm³/mol. The molecule has 25 heavy (non-hydrogen) atoms. The van der Waals surface area contributed by atoms with Gasteiger partial charge in [-0.15, -0.1) is 0 Å². The minimum Gasteiger partial charge on any atom is -0.369 e. The van der Waals surface area contributed by atoms with Crippen LogP contribution in [0.25, 0.3) is 0 Å². The van der Waals surface area contributed by atoms with Gasteiger partial charge in [0, 0.05) is 5.02 Å². The van der Waals surface area contributed by atoms with E-state index < -0.39 is 19.8 Å². The van der Waals surface area contributed by atoms with Gasteiger partial charge in [-0.25, -0.2) is 14.4 Å². The summed E-state index contributed by atoms with van der Waals surface area (Å²) in [6.45, 7) is 1.56. The third-order valence-electron chi connectivity index (χ3n) is 3.20. The Balaban J connectivity index is 2.20. The van der Waals surface area contributed by atoms with E-state index in [4.69, 9.17) is 26.2 Å². The van der Waals surface area contributed by atoms with Gasteiger partial charge in [-0.05, 0) is 36.8 Å². The number of nitrogens with zero attached hydrogens (tertiary/aromatic N) is 1. The van der Waals surface area contributed by atoms with Gasteiger partial charge < -0.3 is 4.52 Å². The SMILES string of the molecule is C[C@@H](C(=O)OP(=O)(O)O)N(OCc1ccccc1)c1ccc(Cl)cc1. The highest BCUT2D eigenvalue weighted by atomic mass is 35.5. The molecule has 134 valence electrons. The lowest BCUT2D eigenvalue weighted by Crippen LogP contribution is -2.39. The predicted octanol–water partition coefficient (Wildman–Crippen LogP) is 3.30. The summed E-state index contributed by atoms with van der Waals surface area (Å²) < 4.78 is 15.1. The average molecular weight is 386 g/mol. The molecule has 1 atom stereocenters. The number of carbonyl (C=O) groups is 1. The lowest BCUT2D eigenvalue weighted by atomic mass is 10.2. The third-order valence-corrected chi connectivity index (χ3v) is 3.87. The molecule has 0 saturated heterocycles. The molecule has 0 heterocycles. The molecule has 7 nitrogen and oxygen atoms in total. The minimum absolute atomic E-state index is 0.150.